The van der Waals surface area contributed by atoms with Gasteiger partial charge in [0.1, 0.15) is 12.4 Å². The number of benzene rings is 1. The predicted molar refractivity (Wildman–Crippen MR) is 72.0 cm³/mol. The first-order chi connectivity index (χ1) is 8.33. The number of para-hydroxylation sites is 2. The van der Waals surface area contributed by atoms with E-state index in [-0.39, 0.29) is 0 Å². The highest BCUT2D eigenvalue weighted by molar-refractivity contribution is 8.14. The smallest absolute Gasteiger partial charge is 0.154 e. The molecular formula is C12H15N3OS. The lowest BCUT2D eigenvalue weighted by atomic mass is 10.2. The van der Waals surface area contributed by atoms with Crippen molar-refractivity contribution in [3.8, 4) is 5.75 Å². The van der Waals surface area contributed by atoms with Gasteiger partial charge in [0.05, 0.1) is 18.8 Å². The van der Waals surface area contributed by atoms with E-state index in [1.165, 1.54) is 5.69 Å². The summed E-state index contributed by atoms with van der Waals surface area (Å²) >= 11 is 1.68. The van der Waals surface area contributed by atoms with Crippen LogP contribution in [-0.2, 0) is 0 Å². The monoisotopic (exact) mass is 249 g/mol. The Balaban J connectivity index is 1.73. The maximum absolute atomic E-state index is 5.69. The van der Waals surface area contributed by atoms with Crippen LogP contribution in [-0.4, -0.2) is 36.7 Å². The van der Waals surface area contributed by atoms with Gasteiger partial charge in [-0.25, -0.2) is 0 Å². The van der Waals surface area contributed by atoms with Crippen molar-refractivity contribution in [1.82, 2.24) is 0 Å². The summed E-state index contributed by atoms with van der Waals surface area (Å²) in [6.07, 6.45) is 0. The van der Waals surface area contributed by atoms with Crippen LogP contribution in [0.2, 0.25) is 0 Å². The van der Waals surface area contributed by atoms with Crippen molar-refractivity contribution in [3.05, 3.63) is 24.3 Å². The minimum Gasteiger partial charge on any atom is -0.490 e. The van der Waals surface area contributed by atoms with Gasteiger partial charge in [-0.05, 0) is 12.1 Å². The first kappa shape index (κ1) is 10.8. The van der Waals surface area contributed by atoms with E-state index in [0.717, 1.165) is 37.2 Å². The summed E-state index contributed by atoms with van der Waals surface area (Å²) in [6, 6.07) is 8.19. The van der Waals surface area contributed by atoms with Crippen molar-refractivity contribution < 1.29 is 4.74 Å². The Bertz CT molecular complexity index is 449. The number of thioether (sulfide) groups is 1. The molecule has 90 valence electrons. The van der Waals surface area contributed by atoms with Crippen LogP contribution < -0.4 is 15.4 Å². The van der Waals surface area contributed by atoms with Crippen LogP contribution >= 0.6 is 11.8 Å². The molecule has 2 heterocycles. The summed E-state index contributed by atoms with van der Waals surface area (Å²) in [6.45, 7) is 3.50. The van der Waals surface area contributed by atoms with E-state index in [1.807, 2.05) is 18.2 Å². The fourth-order valence-electron chi connectivity index (χ4n) is 2.19. The summed E-state index contributed by atoms with van der Waals surface area (Å²) in [5.41, 5.74) is 6.88. The van der Waals surface area contributed by atoms with Gasteiger partial charge in [-0.3, -0.25) is 4.99 Å². The van der Waals surface area contributed by atoms with E-state index in [9.17, 15) is 0 Å². The van der Waals surface area contributed by atoms with Crippen molar-refractivity contribution in [2.45, 2.75) is 5.25 Å². The Morgan fingerprint density at radius 2 is 2.35 bits per heavy atom. The molecule has 0 saturated heterocycles. The Labute approximate surface area is 105 Å². The number of amidine groups is 1. The average molecular weight is 249 g/mol. The zero-order valence-corrected chi connectivity index (χ0v) is 10.3. The Morgan fingerprint density at radius 1 is 1.47 bits per heavy atom. The molecule has 2 N–H and O–H groups in total. The number of hydrogen-bond donors (Lipinski definition) is 1. The van der Waals surface area contributed by atoms with Gasteiger partial charge in [-0.2, -0.15) is 0 Å². The quantitative estimate of drug-likeness (QED) is 0.858. The fourth-order valence-corrected chi connectivity index (χ4v) is 3.09. The number of fused-ring (bicyclic) bond motifs is 1. The van der Waals surface area contributed by atoms with Crippen molar-refractivity contribution in [2.75, 3.05) is 31.1 Å². The van der Waals surface area contributed by atoms with Crippen molar-refractivity contribution in [1.29, 1.82) is 0 Å². The van der Waals surface area contributed by atoms with Gasteiger partial charge in [-0.1, -0.05) is 23.9 Å². The summed E-state index contributed by atoms with van der Waals surface area (Å²) in [5, 5.41) is 1.19. The highest BCUT2D eigenvalue weighted by Gasteiger charge is 2.24. The topological polar surface area (TPSA) is 50.8 Å². The Hall–Kier alpha value is -1.36. The molecule has 4 nitrogen and oxygen atoms in total. The van der Waals surface area contributed by atoms with Gasteiger partial charge < -0.3 is 15.4 Å². The van der Waals surface area contributed by atoms with Crippen molar-refractivity contribution in [3.63, 3.8) is 0 Å². The summed E-state index contributed by atoms with van der Waals surface area (Å²) in [7, 11) is 0. The van der Waals surface area contributed by atoms with Gasteiger partial charge in [0, 0.05) is 11.8 Å². The molecule has 0 aromatic heterocycles. The number of hydrogen-bond acceptors (Lipinski definition) is 5. The van der Waals surface area contributed by atoms with E-state index in [1.54, 1.807) is 11.8 Å². The lowest BCUT2D eigenvalue weighted by Crippen LogP contribution is -2.37. The van der Waals surface area contributed by atoms with Crippen LogP contribution in [0.5, 0.6) is 5.75 Å². The number of nitrogens with two attached hydrogens (primary N) is 1. The summed E-state index contributed by atoms with van der Waals surface area (Å²) in [5.74, 6) is 0.982. The number of ether oxygens (including phenoxy) is 1. The zero-order valence-electron chi connectivity index (χ0n) is 9.50. The van der Waals surface area contributed by atoms with E-state index in [4.69, 9.17) is 10.5 Å². The SMILES string of the molecule is NC1=NCC(CN2CCOc3ccccc32)S1. The molecule has 0 fully saturated rings. The van der Waals surface area contributed by atoms with Crippen molar-refractivity contribution in [2.24, 2.45) is 10.7 Å². The lowest BCUT2D eigenvalue weighted by molar-refractivity contribution is 0.307. The van der Waals surface area contributed by atoms with Gasteiger partial charge in [0.15, 0.2) is 5.17 Å². The van der Waals surface area contributed by atoms with Crippen LogP contribution in [0.4, 0.5) is 5.69 Å². The van der Waals surface area contributed by atoms with Crippen molar-refractivity contribution >= 4 is 22.6 Å². The Morgan fingerprint density at radius 3 is 3.18 bits per heavy atom. The molecular weight excluding hydrogens is 234 g/mol. The molecule has 0 aliphatic carbocycles. The van der Waals surface area contributed by atoms with E-state index >= 15 is 0 Å². The molecule has 1 unspecified atom stereocenters. The third kappa shape index (κ3) is 2.20. The first-order valence-corrected chi connectivity index (χ1v) is 6.64. The zero-order chi connectivity index (χ0) is 11.7. The molecule has 0 spiro atoms. The van der Waals surface area contributed by atoms with Gasteiger partial charge in [-0.15, -0.1) is 0 Å². The molecule has 1 atom stereocenters. The van der Waals surface area contributed by atoms with Gasteiger partial charge in [0.2, 0.25) is 0 Å². The Kier molecular flexibility index (Phi) is 2.84. The van der Waals surface area contributed by atoms with E-state index in [0.29, 0.717) is 5.25 Å². The molecule has 2 aliphatic rings. The normalized spacial score (nSPS) is 22.9. The van der Waals surface area contributed by atoms with Crippen LogP contribution in [0.3, 0.4) is 0 Å². The molecule has 0 radical (unpaired) electrons. The summed E-state index contributed by atoms with van der Waals surface area (Å²) < 4.78 is 5.64. The molecule has 1 aromatic rings. The third-order valence-corrected chi connectivity index (χ3v) is 3.99. The molecule has 5 heteroatoms. The van der Waals surface area contributed by atoms with Gasteiger partial charge in [0.25, 0.3) is 0 Å². The molecule has 0 saturated carbocycles. The second kappa shape index (κ2) is 4.49. The molecule has 0 amide bonds. The lowest BCUT2D eigenvalue weighted by Gasteiger charge is -2.32. The average Bonchev–Trinajstić information content (AvgIpc) is 2.75. The van der Waals surface area contributed by atoms with Crippen LogP contribution in [0, 0.1) is 0 Å². The minimum absolute atomic E-state index is 0.473. The first-order valence-electron chi connectivity index (χ1n) is 5.76. The molecule has 2 aliphatic heterocycles. The van der Waals surface area contributed by atoms with E-state index < -0.39 is 0 Å². The summed E-state index contributed by atoms with van der Waals surface area (Å²) in [4.78, 5) is 6.60. The number of aliphatic imine (C=N–C) groups is 1. The minimum atomic E-state index is 0.473. The second-order valence-electron chi connectivity index (χ2n) is 4.18. The predicted octanol–water partition coefficient (Wildman–Crippen LogP) is 1.32. The maximum Gasteiger partial charge on any atom is 0.154 e. The number of rotatable bonds is 2. The molecule has 0 bridgehead atoms. The number of nitrogens with zero attached hydrogens (tertiary/aromatic N) is 2. The highest BCUT2D eigenvalue weighted by Crippen LogP contribution is 2.32. The highest BCUT2D eigenvalue weighted by atomic mass is 32.2. The third-order valence-electron chi connectivity index (χ3n) is 2.99. The largest absolute Gasteiger partial charge is 0.490 e. The molecule has 3 rings (SSSR count). The standard InChI is InChI=1S/C12H15N3OS/c13-12-14-7-9(17-12)8-15-5-6-16-11-4-2-1-3-10(11)15/h1-4,9H,5-8H2,(H2,13,14). The van der Waals surface area contributed by atoms with Gasteiger partial charge >= 0.3 is 0 Å². The van der Waals surface area contributed by atoms with Crippen LogP contribution in [0.15, 0.2) is 29.3 Å². The number of anilines is 1. The fraction of sp³-hybridized carbons (Fsp3) is 0.417. The second-order valence-corrected chi connectivity index (χ2v) is 5.50. The van der Waals surface area contributed by atoms with E-state index in [2.05, 4.69) is 16.0 Å². The molecule has 17 heavy (non-hydrogen) atoms. The van der Waals surface area contributed by atoms with Crippen LogP contribution in [0.1, 0.15) is 0 Å². The van der Waals surface area contributed by atoms with Crippen LogP contribution in [0.25, 0.3) is 0 Å². The molecule has 1 aromatic carbocycles. The maximum atomic E-state index is 5.69.